The van der Waals surface area contributed by atoms with Crippen LogP contribution in [0.15, 0.2) is 54.6 Å². The Hall–Kier alpha value is -2.95. The van der Waals surface area contributed by atoms with Gasteiger partial charge in [0.2, 0.25) is 5.91 Å². The van der Waals surface area contributed by atoms with Crippen LogP contribution in [0.25, 0.3) is 0 Å². The van der Waals surface area contributed by atoms with Gasteiger partial charge in [0.05, 0.1) is 5.92 Å². The highest BCUT2D eigenvalue weighted by Gasteiger charge is 2.27. The smallest absolute Gasteiger partial charge is 0.314 e. The van der Waals surface area contributed by atoms with E-state index in [9.17, 15) is 14.4 Å². The fourth-order valence-corrected chi connectivity index (χ4v) is 2.85. The van der Waals surface area contributed by atoms with E-state index in [1.165, 1.54) is 6.92 Å². The molecule has 0 saturated carbocycles. The molecule has 0 spiro atoms. The highest BCUT2D eigenvalue weighted by Crippen LogP contribution is 2.28. The van der Waals surface area contributed by atoms with Gasteiger partial charge in [0, 0.05) is 18.2 Å². The zero-order valence-corrected chi connectivity index (χ0v) is 15.9. The minimum Gasteiger partial charge on any atom is -0.457 e. The second-order valence-electron chi connectivity index (χ2n) is 6.56. The molecular weight excluding hydrogens is 342 g/mol. The molecule has 5 heteroatoms. The quantitative estimate of drug-likeness (QED) is 0.561. The Bertz CT molecular complexity index is 784. The SMILES string of the molecule is CC[C@@H](C)[C@H](C(=O)OCC(=O)c1ccc(NC(C)=O)cc1)c1ccccc1. The Balaban J connectivity index is 2.01. The third-order valence-corrected chi connectivity index (χ3v) is 4.50. The van der Waals surface area contributed by atoms with Gasteiger partial charge in [0.15, 0.2) is 12.4 Å². The Morgan fingerprint density at radius 3 is 2.19 bits per heavy atom. The van der Waals surface area contributed by atoms with Crippen LogP contribution in [0.5, 0.6) is 0 Å². The van der Waals surface area contributed by atoms with E-state index in [1.807, 2.05) is 44.2 Å². The van der Waals surface area contributed by atoms with Gasteiger partial charge in [-0.05, 0) is 35.7 Å². The van der Waals surface area contributed by atoms with Crippen LogP contribution in [0.2, 0.25) is 0 Å². The van der Waals surface area contributed by atoms with E-state index in [0.717, 1.165) is 12.0 Å². The van der Waals surface area contributed by atoms with E-state index in [0.29, 0.717) is 11.3 Å². The van der Waals surface area contributed by atoms with Gasteiger partial charge >= 0.3 is 5.97 Å². The summed E-state index contributed by atoms with van der Waals surface area (Å²) in [6, 6.07) is 16.0. The number of anilines is 1. The summed E-state index contributed by atoms with van der Waals surface area (Å²) in [6.07, 6.45) is 0.827. The molecule has 2 rings (SSSR count). The van der Waals surface area contributed by atoms with Crippen molar-refractivity contribution in [3.63, 3.8) is 0 Å². The molecule has 1 N–H and O–H groups in total. The molecule has 142 valence electrons. The van der Waals surface area contributed by atoms with Crippen LogP contribution in [0.4, 0.5) is 5.69 Å². The molecule has 0 aliphatic rings. The first-order valence-corrected chi connectivity index (χ1v) is 9.04. The number of hydrogen-bond acceptors (Lipinski definition) is 4. The van der Waals surface area contributed by atoms with Crippen molar-refractivity contribution >= 4 is 23.3 Å². The fraction of sp³-hybridized carbons (Fsp3) is 0.318. The highest BCUT2D eigenvalue weighted by molar-refractivity contribution is 5.99. The normalized spacial score (nSPS) is 12.7. The van der Waals surface area contributed by atoms with Crippen molar-refractivity contribution in [1.29, 1.82) is 0 Å². The molecule has 0 aliphatic carbocycles. The van der Waals surface area contributed by atoms with Crippen LogP contribution < -0.4 is 5.32 Å². The highest BCUT2D eigenvalue weighted by atomic mass is 16.5. The summed E-state index contributed by atoms with van der Waals surface area (Å²) >= 11 is 0. The molecule has 0 saturated heterocycles. The first-order chi connectivity index (χ1) is 12.9. The number of esters is 1. The summed E-state index contributed by atoms with van der Waals surface area (Å²) in [4.78, 5) is 36.0. The molecule has 2 aromatic rings. The number of Topliss-reactive ketones (excluding diaryl/α,β-unsaturated/α-hetero) is 1. The van der Waals surface area contributed by atoms with Crippen molar-refractivity contribution in [3.05, 3.63) is 65.7 Å². The number of ketones is 1. The largest absolute Gasteiger partial charge is 0.457 e. The van der Waals surface area contributed by atoms with Gasteiger partial charge in [-0.25, -0.2) is 0 Å². The summed E-state index contributed by atoms with van der Waals surface area (Å²) < 4.78 is 5.33. The Labute approximate surface area is 159 Å². The number of hydrogen-bond donors (Lipinski definition) is 1. The fourth-order valence-electron chi connectivity index (χ4n) is 2.85. The summed E-state index contributed by atoms with van der Waals surface area (Å²) in [7, 11) is 0. The summed E-state index contributed by atoms with van der Waals surface area (Å²) in [6.45, 7) is 5.13. The number of benzene rings is 2. The molecule has 0 aliphatic heterocycles. The molecule has 0 unspecified atom stereocenters. The standard InChI is InChI=1S/C22H25NO4/c1-4-15(2)21(18-8-6-5-7-9-18)22(26)27-14-20(25)17-10-12-19(13-11-17)23-16(3)24/h5-13,15,21H,4,14H2,1-3H3,(H,23,24)/t15-,21+/m1/s1. The maximum atomic E-state index is 12.6. The molecule has 2 aromatic carbocycles. The lowest BCUT2D eigenvalue weighted by atomic mass is 9.85. The lowest BCUT2D eigenvalue weighted by molar-refractivity contribution is -0.145. The monoisotopic (exact) mass is 367 g/mol. The lowest BCUT2D eigenvalue weighted by Crippen LogP contribution is -2.24. The number of rotatable bonds is 8. The zero-order valence-electron chi connectivity index (χ0n) is 15.9. The first-order valence-electron chi connectivity index (χ1n) is 9.04. The van der Waals surface area contributed by atoms with E-state index in [2.05, 4.69) is 5.32 Å². The number of ether oxygens (including phenoxy) is 1. The van der Waals surface area contributed by atoms with Crippen LogP contribution in [0.1, 0.15) is 49.0 Å². The molecular formula is C22H25NO4. The van der Waals surface area contributed by atoms with E-state index < -0.39 is 11.9 Å². The molecule has 0 bridgehead atoms. The van der Waals surface area contributed by atoms with Crippen molar-refractivity contribution in [2.24, 2.45) is 5.92 Å². The third kappa shape index (κ3) is 5.78. The van der Waals surface area contributed by atoms with Crippen molar-refractivity contribution in [3.8, 4) is 0 Å². The van der Waals surface area contributed by atoms with Gasteiger partial charge in [-0.2, -0.15) is 0 Å². The molecule has 0 radical (unpaired) electrons. The second-order valence-corrected chi connectivity index (χ2v) is 6.56. The minimum atomic E-state index is -0.397. The molecule has 0 fully saturated rings. The van der Waals surface area contributed by atoms with Crippen molar-refractivity contribution < 1.29 is 19.1 Å². The maximum Gasteiger partial charge on any atom is 0.314 e. The lowest BCUT2D eigenvalue weighted by Gasteiger charge is -2.21. The number of carbonyl (C=O) groups excluding carboxylic acids is 3. The van der Waals surface area contributed by atoms with Crippen molar-refractivity contribution in [1.82, 2.24) is 0 Å². The summed E-state index contributed by atoms with van der Waals surface area (Å²) in [5, 5.41) is 2.64. The minimum absolute atomic E-state index is 0.104. The molecule has 5 nitrogen and oxygen atoms in total. The number of carbonyl (C=O) groups is 3. The average Bonchev–Trinajstić information content (AvgIpc) is 2.67. The van der Waals surface area contributed by atoms with Gasteiger partial charge in [-0.3, -0.25) is 14.4 Å². The maximum absolute atomic E-state index is 12.6. The predicted molar refractivity (Wildman–Crippen MR) is 105 cm³/mol. The molecule has 0 heterocycles. The topological polar surface area (TPSA) is 72.5 Å². The Morgan fingerprint density at radius 1 is 1.00 bits per heavy atom. The average molecular weight is 367 g/mol. The van der Waals surface area contributed by atoms with E-state index in [1.54, 1.807) is 24.3 Å². The molecule has 0 aromatic heterocycles. The van der Waals surface area contributed by atoms with E-state index in [4.69, 9.17) is 4.74 Å². The van der Waals surface area contributed by atoms with Gasteiger partial charge in [0.1, 0.15) is 0 Å². The van der Waals surface area contributed by atoms with Gasteiger partial charge in [-0.1, -0.05) is 50.6 Å². The molecule has 27 heavy (non-hydrogen) atoms. The van der Waals surface area contributed by atoms with Gasteiger partial charge in [-0.15, -0.1) is 0 Å². The molecule has 2 atom stereocenters. The number of nitrogens with one attached hydrogen (secondary N) is 1. The summed E-state index contributed by atoms with van der Waals surface area (Å²) in [5.41, 5.74) is 1.93. The Kier molecular flexibility index (Phi) is 7.29. The first kappa shape index (κ1) is 20.4. The third-order valence-electron chi connectivity index (χ3n) is 4.50. The van der Waals surface area contributed by atoms with Gasteiger partial charge in [0.25, 0.3) is 0 Å². The Morgan fingerprint density at radius 2 is 1.63 bits per heavy atom. The summed E-state index contributed by atoms with van der Waals surface area (Å²) in [5.74, 6) is -1.15. The number of amides is 1. The van der Waals surface area contributed by atoms with Crippen LogP contribution in [-0.2, 0) is 14.3 Å². The predicted octanol–water partition coefficient (Wildman–Crippen LogP) is 4.20. The van der Waals surface area contributed by atoms with Crippen LogP contribution in [0, 0.1) is 5.92 Å². The van der Waals surface area contributed by atoms with E-state index in [-0.39, 0.29) is 24.2 Å². The van der Waals surface area contributed by atoms with Crippen molar-refractivity contribution in [2.45, 2.75) is 33.1 Å². The zero-order chi connectivity index (χ0) is 19.8. The van der Waals surface area contributed by atoms with Crippen LogP contribution in [0.3, 0.4) is 0 Å². The van der Waals surface area contributed by atoms with E-state index >= 15 is 0 Å². The van der Waals surface area contributed by atoms with Crippen LogP contribution in [-0.4, -0.2) is 24.3 Å². The molecule has 1 amide bonds. The van der Waals surface area contributed by atoms with Crippen LogP contribution >= 0.6 is 0 Å². The second kappa shape index (κ2) is 9.67. The van der Waals surface area contributed by atoms with Crippen molar-refractivity contribution in [2.75, 3.05) is 11.9 Å². The van der Waals surface area contributed by atoms with Gasteiger partial charge < -0.3 is 10.1 Å².